The van der Waals surface area contributed by atoms with E-state index in [4.69, 9.17) is 9.47 Å². The van der Waals surface area contributed by atoms with Gasteiger partial charge in [-0.3, -0.25) is 4.79 Å². The number of hydrogen-bond donors (Lipinski definition) is 2. The molecule has 174 valence electrons. The molecule has 0 saturated heterocycles. The molecular formula is C25H28N2O5S. The maximum atomic E-state index is 13.2. The van der Waals surface area contributed by atoms with Crippen molar-refractivity contribution in [1.82, 2.24) is 10.0 Å². The number of rotatable bonds is 10. The first-order valence-corrected chi connectivity index (χ1v) is 12.0. The first-order chi connectivity index (χ1) is 15.8. The molecule has 2 atom stereocenters. The van der Waals surface area contributed by atoms with Gasteiger partial charge in [-0.05, 0) is 36.6 Å². The van der Waals surface area contributed by atoms with Gasteiger partial charge in [0.1, 0.15) is 6.04 Å². The Bertz CT molecular complexity index is 1170. The molecule has 33 heavy (non-hydrogen) atoms. The molecule has 0 saturated carbocycles. The molecular weight excluding hydrogens is 440 g/mol. The number of nitrogens with one attached hydrogen (secondary N) is 2. The lowest BCUT2D eigenvalue weighted by atomic mass is 10.0. The summed E-state index contributed by atoms with van der Waals surface area (Å²) in [4.78, 5) is 13.2. The largest absolute Gasteiger partial charge is 0.493 e. The first kappa shape index (κ1) is 24.3. The van der Waals surface area contributed by atoms with Crippen molar-refractivity contribution in [2.45, 2.75) is 30.3 Å². The quantitative estimate of drug-likeness (QED) is 0.475. The Morgan fingerprint density at radius 3 is 2.09 bits per heavy atom. The van der Waals surface area contributed by atoms with Crippen LogP contribution in [-0.4, -0.2) is 34.6 Å². The molecule has 3 aromatic carbocycles. The summed E-state index contributed by atoms with van der Waals surface area (Å²) < 4.78 is 39.3. The highest BCUT2D eigenvalue weighted by atomic mass is 32.2. The number of benzene rings is 3. The number of amides is 1. The van der Waals surface area contributed by atoms with Gasteiger partial charge in [0.25, 0.3) is 0 Å². The van der Waals surface area contributed by atoms with E-state index in [1.54, 1.807) is 0 Å². The lowest BCUT2D eigenvalue weighted by Gasteiger charge is -2.22. The lowest BCUT2D eigenvalue weighted by Crippen LogP contribution is -2.48. The van der Waals surface area contributed by atoms with Gasteiger partial charge in [-0.15, -0.1) is 0 Å². The Morgan fingerprint density at radius 2 is 1.48 bits per heavy atom. The summed E-state index contributed by atoms with van der Waals surface area (Å²) in [6, 6.07) is 21.7. The van der Waals surface area contributed by atoms with Crippen molar-refractivity contribution in [2.75, 3.05) is 14.2 Å². The number of ether oxygens (including phenoxy) is 2. The van der Waals surface area contributed by atoms with E-state index in [-0.39, 0.29) is 23.1 Å². The van der Waals surface area contributed by atoms with Crippen molar-refractivity contribution in [3.8, 4) is 11.5 Å². The van der Waals surface area contributed by atoms with Crippen LogP contribution in [0.1, 0.15) is 24.1 Å². The molecule has 7 nitrogen and oxygen atoms in total. The van der Waals surface area contributed by atoms with Crippen LogP contribution in [0.3, 0.4) is 0 Å². The van der Waals surface area contributed by atoms with Crippen molar-refractivity contribution in [3.63, 3.8) is 0 Å². The zero-order valence-corrected chi connectivity index (χ0v) is 19.6. The minimum absolute atomic E-state index is 0.0258. The molecule has 0 heterocycles. The second-order valence-corrected chi connectivity index (χ2v) is 9.24. The maximum absolute atomic E-state index is 13.2. The topological polar surface area (TPSA) is 93.7 Å². The van der Waals surface area contributed by atoms with E-state index in [1.165, 1.54) is 32.4 Å². The van der Waals surface area contributed by atoms with Gasteiger partial charge >= 0.3 is 0 Å². The SMILES string of the molecule is COc1ccc(S(=O)(=O)N[C@@H](Cc2ccccc2)C(=O)N[C@@H](C)c2ccccc2)cc1OC. The number of carbonyl (C=O) groups excluding carboxylic acids is 1. The summed E-state index contributed by atoms with van der Waals surface area (Å²) in [5.74, 6) is 0.271. The van der Waals surface area contributed by atoms with E-state index in [1.807, 2.05) is 67.6 Å². The van der Waals surface area contributed by atoms with E-state index in [0.29, 0.717) is 5.75 Å². The fourth-order valence-electron chi connectivity index (χ4n) is 3.42. The Kier molecular flexibility index (Phi) is 8.08. The van der Waals surface area contributed by atoms with Crippen molar-refractivity contribution in [1.29, 1.82) is 0 Å². The molecule has 0 unspecified atom stereocenters. The molecule has 0 spiro atoms. The molecule has 3 rings (SSSR count). The van der Waals surface area contributed by atoms with Crippen LogP contribution in [0.5, 0.6) is 11.5 Å². The van der Waals surface area contributed by atoms with E-state index < -0.39 is 22.0 Å². The van der Waals surface area contributed by atoms with Crippen LogP contribution in [0.15, 0.2) is 83.8 Å². The third kappa shape index (κ3) is 6.34. The van der Waals surface area contributed by atoms with Gasteiger partial charge in [0.05, 0.1) is 25.2 Å². The average Bonchev–Trinajstić information content (AvgIpc) is 2.84. The summed E-state index contributed by atoms with van der Waals surface area (Å²) in [6.45, 7) is 1.86. The molecule has 0 aromatic heterocycles. The Balaban J connectivity index is 1.86. The molecule has 0 aliphatic carbocycles. The summed E-state index contributed by atoms with van der Waals surface area (Å²) in [7, 11) is -1.13. The molecule has 1 amide bonds. The normalized spacial score (nSPS) is 13.1. The fraction of sp³-hybridized carbons (Fsp3) is 0.240. The monoisotopic (exact) mass is 468 g/mol. The van der Waals surface area contributed by atoms with Gasteiger partial charge in [-0.1, -0.05) is 60.7 Å². The Morgan fingerprint density at radius 1 is 0.879 bits per heavy atom. The zero-order valence-electron chi connectivity index (χ0n) is 18.8. The van der Waals surface area contributed by atoms with Gasteiger partial charge in [0, 0.05) is 6.07 Å². The predicted octanol–water partition coefficient (Wildman–Crippen LogP) is 3.47. The molecule has 8 heteroatoms. The Hall–Kier alpha value is -3.36. The zero-order chi connectivity index (χ0) is 23.8. The van der Waals surface area contributed by atoms with E-state index in [0.717, 1.165) is 11.1 Å². The first-order valence-electron chi connectivity index (χ1n) is 10.5. The molecule has 0 aliphatic rings. The van der Waals surface area contributed by atoms with Crippen LogP contribution >= 0.6 is 0 Å². The van der Waals surface area contributed by atoms with Crippen LogP contribution < -0.4 is 19.5 Å². The maximum Gasteiger partial charge on any atom is 0.241 e. The standard InChI is InChI=1S/C25H28N2O5S/c1-18(20-12-8-5-9-13-20)26-25(28)22(16-19-10-6-4-7-11-19)27-33(29,30)21-14-15-23(31-2)24(17-21)32-3/h4-15,17-18,22,27H,16H2,1-3H3,(H,26,28)/t18-,22-/m0/s1. The summed E-state index contributed by atoms with van der Waals surface area (Å²) in [6.07, 6.45) is 0.195. The van der Waals surface area contributed by atoms with Crippen molar-refractivity contribution in [2.24, 2.45) is 0 Å². The van der Waals surface area contributed by atoms with Gasteiger partial charge in [-0.25, -0.2) is 8.42 Å². The van der Waals surface area contributed by atoms with E-state index >= 15 is 0 Å². The number of carbonyl (C=O) groups is 1. The van der Waals surface area contributed by atoms with Crippen LogP contribution in [0.4, 0.5) is 0 Å². The third-order valence-corrected chi connectivity index (χ3v) is 6.69. The van der Waals surface area contributed by atoms with Gasteiger partial charge in [0.15, 0.2) is 11.5 Å². The van der Waals surface area contributed by atoms with Crippen LogP contribution in [0, 0.1) is 0 Å². The smallest absolute Gasteiger partial charge is 0.241 e. The summed E-state index contributed by atoms with van der Waals surface area (Å²) >= 11 is 0. The highest BCUT2D eigenvalue weighted by Gasteiger charge is 2.28. The molecule has 0 radical (unpaired) electrons. The summed E-state index contributed by atoms with van der Waals surface area (Å²) in [5.41, 5.74) is 1.76. The van der Waals surface area contributed by atoms with Gasteiger partial charge in [0.2, 0.25) is 15.9 Å². The van der Waals surface area contributed by atoms with Crippen LogP contribution in [-0.2, 0) is 21.2 Å². The minimum Gasteiger partial charge on any atom is -0.493 e. The number of sulfonamides is 1. The van der Waals surface area contributed by atoms with Gasteiger partial charge < -0.3 is 14.8 Å². The molecule has 0 aliphatic heterocycles. The summed E-state index contributed by atoms with van der Waals surface area (Å²) in [5, 5.41) is 2.92. The minimum atomic E-state index is -4.03. The molecule has 3 aromatic rings. The highest BCUT2D eigenvalue weighted by Crippen LogP contribution is 2.29. The highest BCUT2D eigenvalue weighted by molar-refractivity contribution is 7.89. The average molecular weight is 469 g/mol. The number of methoxy groups -OCH3 is 2. The predicted molar refractivity (Wildman–Crippen MR) is 127 cm³/mol. The third-order valence-electron chi connectivity index (χ3n) is 5.22. The van der Waals surface area contributed by atoms with Gasteiger partial charge in [-0.2, -0.15) is 4.72 Å². The number of hydrogen-bond acceptors (Lipinski definition) is 5. The molecule has 0 bridgehead atoms. The second-order valence-electron chi connectivity index (χ2n) is 7.52. The van der Waals surface area contributed by atoms with Crippen molar-refractivity contribution < 1.29 is 22.7 Å². The van der Waals surface area contributed by atoms with Crippen molar-refractivity contribution in [3.05, 3.63) is 90.0 Å². The van der Waals surface area contributed by atoms with E-state index in [2.05, 4.69) is 10.0 Å². The fourth-order valence-corrected chi connectivity index (χ4v) is 4.63. The second kappa shape index (κ2) is 11.0. The van der Waals surface area contributed by atoms with E-state index in [9.17, 15) is 13.2 Å². The van der Waals surface area contributed by atoms with Crippen LogP contribution in [0.25, 0.3) is 0 Å². The molecule has 0 fully saturated rings. The molecule has 2 N–H and O–H groups in total. The van der Waals surface area contributed by atoms with Crippen molar-refractivity contribution >= 4 is 15.9 Å². The Labute approximate surface area is 194 Å². The lowest BCUT2D eigenvalue weighted by molar-refractivity contribution is -0.123. The van der Waals surface area contributed by atoms with Crippen LogP contribution in [0.2, 0.25) is 0 Å².